The number of carboxylic acids is 2. The molecule has 0 spiro atoms. The molecule has 1 aliphatic rings. The normalized spacial score (nSPS) is 21.5. The van der Waals surface area contributed by atoms with Gasteiger partial charge >= 0.3 is 11.9 Å². The molecule has 1 heterocycles. The summed E-state index contributed by atoms with van der Waals surface area (Å²) in [4.78, 5) is 20.6. The average molecular weight is 310 g/mol. The van der Waals surface area contributed by atoms with Crippen LogP contribution in [-0.2, 0) is 16.0 Å². The molecule has 2 rings (SSSR count). The van der Waals surface area contributed by atoms with E-state index in [1.165, 1.54) is 0 Å². The lowest BCUT2D eigenvalue weighted by Gasteiger charge is -2.05. The predicted molar refractivity (Wildman–Crippen MR) is 80.4 cm³/mol. The zero-order chi connectivity index (χ0) is 16.5. The lowest BCUT2D eigenvalue weighted by molar-refractivity contribution is -0.139. The Balaban J connectivity index is 0.000000235. The van der Waals surface area contributed by atoms with E-state index in [9.17, 15) is 9.59 Å². The molecule has 1 aliphatic heterocycles. The van der Waals surface area contributed by atoms with Gasteiger partial charge in [-0.2, -0.15) is 0 Å². The van der Waals surface area contributed by atoms with Gasteiger partial charge in [0.2, 0.25) is 0 Å². The fourth-order valence-electron chi connectivity index (χ4n) is 2.00. The highest BCUT2D eigenvalue weighted by molar-refractivity contribution is 5.74. The molecule has 1 aromatic carbocycles. The van der Waals surface area contributed by atoms with Crippen molar-refractivity contribution >= 4 is 11.9 Å². The summed E-state index contributed by atoms with van der Waals surface area (Å²) in [6.07, 6.45) is 1.05. The molecular weight excluding hydrogens is 288 g/mol. The average Bonchev–Trinajstić information content (AvgIpc) is 2.93. The lowest BCUT2D eigenvalue weighted by Crippen LogP contribution is -2.30. The number of nitrogens with two attached hydrogens (primary N) is 1. The summed E-state index contributed by atoms with van der Waals surface area (Å²) in [6, 6.07) is 8.44. The number of aliphatic hydroxyl groups excluding tert-OH is 1. The van der Waals surface area contributed by atoms with Crippen LogP contribution in [0.5, 0.6) is 0 Å². The molecule has 0 saturated carbocycles. The fraction of sp³-hybridized carbons (Fsp3) is 0.467. The summed E-state index contributed by atoms with van der Waals surface area (Å²) >= 11 is 0. The van der Waals surface area contributed by atoms with Crippen molar-refractivity contribution in [3.05, 3.63) is 35.9 Å². The second kappa shape index (κ2) is 9.14. The Bertz CT molecular complexity index is 480. The summed E-state index contributed by atoms with van der Waals surface area (Å²) in [7, 11) is 0. The Morgan fingerprint density at radius 1 is 1.27 bits per heavy atom. The maximum Gasteiger partial charge on any atom is 0.320 e. The third kappa shape index (κ3) is 6.66. The van der Waals surface area contributed by atoms with E-state index >= 15 is 0 Å². The van der Waals surface area contributed by atoms with E-state index < -0.39 is 30.1 Å². The monoisotopic (exact) mass is 310 g/mol. The molecule has 0 aromatic heterocycles. The number of hydrogen-bond acceptors (Lipinski definition) is 5. The van der Waals surface area contributed by atoms with Crippen molar-refractivity contribution in [2.24, 2.45) is 5.73 Å². The van der Waals surface area contributed by atoms with E-state index in [-0.39, 0.29) is 0 Å². The molecule has 1 saturated heterocycles. The van der Waals surface area contributed by atoms with Crippen LogP contribution in [0.25, 0.3) is 0 Å². The minimum Gasteiger partial charge on any atom is -0.480 e. The fourth-order valence-corrected chi connectivity index (χ4v) is 2.00. The van der Waals surface area contributed by atoms with Crippen LogP contribution in [0.1, 0.15) is 18.4 Å². The number of β-amino-alcohol motifs (C(OH)–C–C–N with tert-alkyl or cyclic N) is 1. The van der Waals surface area contributed by atoms with Gasteiger partial charge in [-0.1, -0.05) is 30.3 Å². The van der Waals surface area contributed by atoms with E-state index in [0.717, 1.165) is 5.56 Å². The third-order valence-electron chi connectivity index (χ3n) is 3.31. The van der Waals surface area contributed by atoms with Crippen molar-refractivity contribution in [3.63, 3.8) is 0 Å². The zero-order valence-corrected chi connectivity index (χ0v) is 12.2. The van der Waals surface area contributed by atoms with Crippen LogP contribution in [0.4, 0.5) is 0 Å². The molecule has 3 atom stereocenters. The molecule has 0 amide bonds. The van der Waals surface area contributed by atoms with Crippen LogP contribution in [-0.4, -0.2) is 52.0 Å². The molecule has 7 nitrogen and oxygen atoms in total. The van der Waals surface area contributed by atoms with Crippen molar-refractivity contribution in [3.8, 4) is 0 Å². The first-order valence-electron chi connectivity index (χ1n) is 7.06. The van der Waals surface area contributed by atoms with Crippen molar-refractivity contribution in [1.29, 1.82) is 0 Å². The summed E-state index contributed by atoms with van der Waals surface area (Å²) in [5, 5.41) is 28.4. The van der Waals surface area contributed by atoms with E-state index in [1.807, 2.05) is 30.3 Å². The lowest BCUT2D eigenvalue weighted by atomic mass is 10.1. The van der Waals surface area contributed by atoms with Gasteiger partial charge in [0.05, 0.1) is 6.10 Å². The number of carboxylic acid groups (broad SMARTS) is 2. The first kappa shape index (κ1) is 18.1. The number of rotatable bonds is 5. The largest absolute Gasteiger partial charge is 0.480 e. The van der Waals surface area contributed by atoms with Gasteiger partial charge in [0, 0.05) is 13.0 Å². The number of aliphatic hydroxyl groups is 1. The van der Waals surface area contributed by atoms with E-state index in [1.54, 1.807) is 0 Å². The van der Waals surface area contributed by atoms with Crippen molar-refractivity contribution < 1.29 is 24.9 Å². The van der Waals surface area contributed by atoms with Gasteiger partial charge < -0.3 is 26.4 Å². The van der Waals surface area contributed by atoms with Gasteiger partial charge in [-0.05, 0) is 18.4 Å². The Labute approximate surface area is 128 Å². The van der Waals surface area contributed by atoms with Crippen molar-refractivity contribution in [2.45, 2.75) is 37.5 Å². The Morgan fingerprint density at radius 3 is 2.32 bits per heavy atom. The standard InChI is InChI=1S/C10H13NO2.C5H9NO3/c11-9(10(12)13)7-6-8-4-2-1-3-5-8;7-3-1-4(5(8)9)6-2-3/h1-5,9H,6-7,11H2,(H,12,13);3-4,6-7H,1-2H2,(H,8,9)/t9-;3-,4+/m01/s1. The summed E-state index contributed by atoms with van der Waals surface area (Å²) in [5.74, 6) is -1.82. The number of benzene rings is 1. The van der Waals surface area contributed by atoms with Crippen LogP contribution >= 0.6 is 0 Å². The first-order chi connectivity index (χ1) is 10.4. The minimum absolute atomic E-state index is 0.329. The van der Waals surface area contributed by atoms with Crippen LogP contribution < -0.4 is 11.1 Å². The second-order valence-electron chi connectivity index (χ2n) is 5.16. The van der Waals surface area contributed by atoms with Crippen molar-refractivity contribution in [2.75, 3.05) is 6.54 Å². The van der Waals surface area contributed by atoms with Gasteiger partial charge in [0.15, 0.2) is 0 Å². The number of carbonyl (C=O) groups is 2. The Morgan fingerprint density at radius 2 is 1.91 bits per heavy atom. The van der Waals surface area contributed by atoms with Crippen molar-refractivity contribution in [1.82, 2.24) is 5.32 Å². The molecule has 0 radical (unpaired) electrons. The third-order valence-corrected chi connectivity index (χ3v) is 3.31. The molecule has 6 N–H and O–H groups in total. The number of aliphatic carboxylic acids is 2. The number of aryl methyl sites for hydroxylation is 1. The smallest absolute Gasteiger partial charge is 0.320 e. The quantitative estimate of drug-likeness (QED) is 0.509. The maximum absolute atomic E-state index is 10.4. The van der Waals surface area contributed by atoms with Gasteiger partial charge in [-0.25, -0.2) is 0 Å². The second-order valence-corrected chi connectivity index (χ2v) is 5.16. The molecule has 1 fully saturated rings. The molecule has 0 unspecified atom stereocenters. The predicted octanol–water partition coefficient (Wildman–Crippen LogP) is -0.175. The maximum atomic E-state index is 10.4. The first-order valence-corrected chi connectivity index (χ1v) is 7.06. The van der Waals surface area contributed by atoms with Crippen LogP contribution in [0.3, 0.4) is 0 Å². The van der Waals surface area contributed by atoms with Crippen LogP contribution in [0.2, 0.25) is 0 Å². The molecule has 122 valence electrons. The molecule has 0 bridgehead atoms. The Hall–Kier alpha value is -1.96. The highest BCUT2D eigenvalue weighted by Crippen LogP contribution is 2.05. The van der Waals surface area contributed by atoms with E-state index in [4.69, 9.17) is 21.1 Å². The molecular formula is C15H22N2O5. The number of nitrogens with one attached hydrogen (secondary N) is 1. The summed E-state index contributed by atoms with van der Waals surface area (Å²) in [5.41, 5.74) is 6.49. The molecule has 0 aliphatic carbocycles. The zero-order valence-electron chi connectivity index (χ0n) is 12.2. The van der Waals surface area contributed by atoms with Gasteiger partial charge in [-0.15, -0.1) is 0 Å². The molecule has 1 aromatic rings. The van der Waals surface area contributed by atoms with Gasteiger partial charge in [0.25, 0.3) is 0 Å². The molecule has 22 heavy (non-hydrogen) atoms. The van der Waals surface area contributed by atoms with E-state index in [0.29, 0.717) is 25.8 Å². The highest BCUT2D eigenvalue weighted by atomic mass is 16.4. The topological polar surface area (TPSA) is 133 Å². The van der Waals surface area contributed by atoms with Gasteiger partial charge in [0.1, 0.15) is 12.1 Å². The highest BCUT2D eigenvalue weighted by Gasteiger charge is 2.27. The summed E-state index contributed by atoms with van der Waals surface area (Å²) < 4.78 is 0. The number of hydrogen-bond donors (Lipinski definition) is 5. The summed E-state index contributed by atoms with van der Waals surface area (Å²) in [6.45, 7) is 0.400. The Kier molecular flexibility index (Phi) is 7.51. The van der Waals surface area contributed by atoms with Gasteiger partial charge in [-0.3, -0.25) is 9.59 Å². The minimum atomic E-state index is -0.934. The van der Waals surface area contributed by atoms with Crippen LogP contribution in [0, 0.1) is 0 Å². The SMILES string of the molecule is N[C@@H](CCc1ccccc1)C(=O)O.O=C(O)[C@@H]1C[C@@H](O)CN1. The van der Waals surface area contributed by atoms with Crippen LogP contribution in [0.15, 0.2) is 30.3 Å². The molecule has 7 heteroatoms. The van der Waals surface area contributed by atoms with E-state index in [2.05, 4.69) is 5.32 Å².